The molecule has 0 N–H and O–H groups in total. The first-order valence-corrected chi connectivity index (χ1v) is 6.54. The van der Waals surface area contributed by atoms with Gasteiger partial charge in [-0.25, -0.2) is 9.97 Å². The Bertz CT molecular complexity index is 540. The molecule has 2 rings (SSSR count). The maximum Gasteiger partial charge on any atom is 0.165 e. The molecule has 0 aliphatic rings. The molecule has 2 aromatic heterocycles. The van der Waals surface area contributed by atoms with Crippen molar-refractivity contribution in [2.45, 2.75) is 33.2 Å². The van der Waals surface area contributed by atoms with Crippen LogP contribution in [0.25, 0.3) is 11.4 Å². The molecule has 0 unspecified atom stereocenters. The van der Waals surface area contributed by atoms with Crippen molar-refractivity contribution in [3.05, 3.63) is 28.3 Å². The molecular formula is C12H14Cl2N4. The Hall–Kier alpha value is -1.13. The standard InChI is InChI=1S/C12H14Cl2N4/c1-4-18-6-8(5-15-18)12-16-10(13)9(7(2)3)11(14)17-12/h5-7H,4H2,1-3H3. The number of hydrogen-bond donors (Lipinski definition) is 0. The minimum Gasteiger partial charge on any atom is -0.272 e. The Kier molecular flexibility index (Phi) is 3.88. The highest BCUT2D eigenvalue weighted by Gasteiger charge is 2.16. The highest BCUT2D eigenvalue weighted by Crippen LogP contribution is 2.30. The summed E-state index contributed by atoms with van der Waals surface area (Å²) in [6, 6.07) is 0. The number of rotatable bonds is 3. The normalized spacial score (nSPS) is 11.2. The van der Waals surface area contributed by atoms with Crippen molar-refractivity contribution in [1.82, 2.24) is 19.7 Å². The molecule has 2 aromatic rings. The molecule has 0 spiro atoms. The van der Waals surface area contributed by atoms with E-state index < -0.39 is 0 Å². The first-order valence-electron chi connectivity index (χ1n) is 5.78. The monoisotopic (exact) mass is 284 g/mol. The molecule has 6 heteroatoms. The van der Waals surface area contributed by atoms with E-state index in [1.54, 1.807) is 10.9 Å². The van der Waals surface area contributed by atoms with Crippen LogP contribution in [0.5, 0.6) is 0 Å². The van der Waals surface area contributed by atoms with Gasteiger partial charge in [-0.15, -0.1) is 0 Å². The Labute approximate surface area is 116 Å². The molecule has 0 radical (unpaired) electrons. The van der Waals surface area contributed by atoms with E-state index in [0.717, 1.165) is 17.7 Å². The van der Waals surface area contributed by atoms with Gasteiger partial charge in [-0.1, -0.05) is 37.0 Å². The van der Waals surface area contributed by atoms with Gasteiger partial charge in [0.1, 0.15) is 10.3 Å². The van der Waals surface area contributed by atoms with Crippen molar-refractivity contribution in [3.63, 3.8) is 0 Å². The molecule has 0 aliphatic carbocycles. The van der Waals surface area contributed by atoms with Crippen LogP contribution in [0.1, 0.15) is 32.3 Å². The summed E-state index contributed by atoms with van der Waals surface area (Å²) in [5.41, 5.74) is 1.60. The van der Waals surface area contributed by atoms with E-state index in [0.29, 0.717) is 16.1 Å². The van der Waals surface area contributed by atoms with Gasteiger partial charge in [0.15, 0.2) is 5.82 Å². The summed E-state index contributed by atoms with van der Waals surface area (Å²) < 4.78 is 1.80. The lowest BCUT2D eigenvalue weighted by atomic mass is 10.1. The van der Waals surface area contributed by atoms with Gasteiger partial charge in [-0.3, -0.25) is 4.68 Å². The summed E-state index contributed by atoms with van der Waals surface area (Å²) in [4.78, 5) is 8.58. The van der Waals surface area contributed by atoms with Crippen LogP contribution < -0.4 is 0 Å². The zero-order valence-corrected chi connectivity index (χ0v) is 12.0. The minimum absolute atomic E-state index is 0.192. The highest BCUT2D eigenvalue weighted by atomic mass is 35.5. The topological polar surface area (TPSA) is 43.6 Å². The number of aromatic nitrogens is 4. The van der Waals surface area contributed by atoms with Crippen molar-refractivity contribution in [3.8, 4) is 11.4 Å². The fraction of sp³-hybridized carbons (Fsp3) is 0.417. The van der Waals surface area contributed by atoms with Gasteiger partial charge in [0.05, 0.1) is 11.8 Å². The van der Waals surface area contributed by atoms with Gasteiger partial charge in [0, 0.05) is 18.3 Å². The van der Waals surface area contributed by atoms with Crippen molar-refractivity contribution >= 4 is 23.2 Å². The molecule has 0 fully saturated rings. The maximum atomic E-state index is 6.16. The van der Waals surface area contributed by atoms with Gasteiger partial charge >= 0.3 is 0 Å². The number of nitrogens with zero attached hydrogens (tertiary/aromatic N) is 4. The SMILES string of the molecule is CCn1cc(-c2nc(Cl)c(C(C)C)c(Cl)n2)cn1. The van der Waals surface area contributed by atoms with Crippen molar-refractivity contribution < 1.29 is 0 Å². The lowest BCUT2D eigenvalue weighted by Crippen LogP contribution is -1.99. The van der Waals surface area contributed by atoms with E-state index in [2.05, 4.69) is 15.1 Å². The fourth-order valence-corrected chi connectivity index (χ4v) is 2.50. The Balaban J connectivity index is 2.47. The number of hydrogen-bond acceptors (Lipinski definition) is 3. The van der Waals surface area contributed by atoms with Crippen LogP contribution in [0.4, 0.5) is 0 Å². The van der Waals surface area contributed by atoms with Crippen LogP contribution >= 0.6 is 23.2 Å². The smallest absolute Gasteiger partial charge is 0.165 e. The fourth-order valence-electron chi connectivity index (χ4n) is 1.67. The largest absolute Gasteiger partial charge is 0.272 e. The van der Waals surface area contributed by atoms with Gasteiger partial charge in [0.25, 0.3) is 0 Å². The summed E-state index contributed by atoms with van der Waals surface area (Å²) in [5.74, 6) is 0.700. The molecule has 0 aromatic carbocycles. The van der Waals surface area contributed by atoms with Crippen LogP contribution in [0, 0.1) is 0 Å². The lowest BCUT2D eigenvalue weighted by molar-refractivity contribution is 0.660. The molecule has 18 heavy (non-hydrogen) atoms. The van der Waals surface area contributed by atoms with Crippen LogP contribution in [0.15, 0.2) is 12.4 Å². The number of halogens is 2. The highest BCUT2D eigenvalue weighted by molar-refractivity contribution is 6.34. The molecule has 0 saturated carbocycles. The van der Waals surface area contributed by atoms with Crippen molar-refractivity contribution in [2.24, 2.45) is 0 Å². The molecule has 0 aliphatic heterocycles. The van der Waals surface area contributed by atoms with E-state index in [1.165, 1.54) is 0 Å². The lowest BCUT2D eigenvalue weighted by Gasteiger charge is -2.10. The van der Waals surface area contributed by atoms with Crippen LogP contribution in [0.2, 0.25) is 10.3 Å². The summed E-state index contributed by atoms with van der Waals surface area (Å²) in [6.07, 6.45) is 3.58. The zero-order chi connectivity index (χ0) is 13.3. The van der Waals surface area contributed by atoms with Gasteiger partial charge in [-0.2, -0.15) is 5.10 Å². The Morgan fingerprint density at radius 1 is 1.22 bits per heavy atom. The Morgan fingerprint density at radius 3 is 2.28 bits per heavy atom. The second kappa shape index (κ2) is 5.24. The maximum absolute atomic E-state index is 6.16. The number of aryl methyl sites for hydroxylation is 1. The third-order valence-corrected chi connectivity index (χ3v) is 3.22. The van der Waals surface area contributed by atoms with E-state index in [-0.39, 0.29) is 5.92 Å². The van der Waals surface area contributed by atoms with E-state index in [1.807, 2.05) is 27.0 Å². The van der Waals surface area contributed by atoms with Crippen LogP contribution in [0.3, 0.4) is 0 Å². The Morgan fingerprint density at radius 2 is 1.83 bits per heavy atom. The molecular weight excluding hydrogens is 271 g/mol. The van der Waals surface area contributed by atoms with Gasteiger partial charge in [0.2, 0.25) is 0 Å². The van der Waals surface area contributed by atoms with Gasteiger partial charge < -0.3 is 0 Å². The molecule has 0 saturated heterocycles. The average molecular weight is 285 g/mol. The van der Waals surface area contributed by atoms with Crippen LogP contribution in [-0.4, -0.2) is 19.7 Å². The van der Waals surface area contributed by atoms with Crippen molar-refractivity contribution in [1.29, 1.82) is 0 Å². The molecule has 0 atom stereocenters. The third-order valence-electron chi connectivity index (χ3n) is 2.65. The third kappa shape index (κ3) is 2.49. The first-order chi connectivity index (χ1) is 8.52. The average Bonchev–Trinajstić information content (AvgIpc) is 2.75. The minimum atomic E-state index is 0.192. The van der Waals surface area contributed by atoms with Crippen LogP contribution in [-0.2, 0) is 6.54 Å². The molecule has 0 bridgehead atoms. The molecule has 0 amide bonds. The van der Waals surface area contributed by atoms with E-state index >= 15 is 0 Å². The zero-order valence-electron chi connectivity index (χ0n) is 10.5. The second-order valence-electron chi connectivity index (χ2n) is 4.28. The predicted octanol–water partition coefficient (Wildman–Crippen LogP) is 3.79. The molecule has 4 nitrogen and oxygen atoms in total. The van der Waals surface area contributed by atoms with E-state index in [9.17, 15) is 0 Å². The predicted molar refractivity (Wildman–Crippen MR) is 73.0 cm³/mol. The summed E-state index contributed by atoms with van der Waals surface area (Å²) in [6.45, 7) is 6.82. The van der Waals surface area contributed by atoms with Gasteiger partial charge in [-0.05, 0) is 12.8 Å². The first kappa shape index (κ1) is 13.3. The quantitative estimate of drug-likeness (QED) is 0.806. The van der Waals surface area contributed by atoms with E-state index in [4.69, 9.17) is 23.2 Å². The van der Waals surface area contributed by atoms with Crippen molar-refractivity contribution in [2.75, 3.05) is 0 Å². The summed E-state index contributed by atoms with van der Waals surface area (Å²) in [7, 11) is 0. The molecule has 96 valence electrons. The molecule has 2 heterocycles. The second-order valence-corrected chi connectivity index (χ2v) is 5.00. The summed E-state index contributed by atoms with van der Waals surface area (Å²) >= 11 is 12.3. The summed E-state index contributed by atoms with van der Waals surface area (Å²) in [5, 5.41) is 4.99.